The maximum absolute atomic E-state index is 13.2. The van der Waals surface area contributed by atoms with Gasteiger partial charge in [-0.1, -0.05) is 24.3 Å². The number of aromatic nitrogens is 2. The maximum Gasteiger partial charge on any atom is 0.257 e. The molecule has 0 saturated heterocycles. The number of nitrogens with zero attached hydrogens (tertiary/aromatic N) is 3. The van der Waals surface area contributed by atoms with Gasteiger partial charge in [0.25, 0.3) is 5.91 Å². The van der Waals surface area contributed by atoms with E-state index in [1.807, 2.05) is 53.1 Å². The van der Waals surface area contributed by atoms with Crippen molar-refractivity contribution in [3.8, 4) is 5.75 Å². The summed E-state index contributed by atoms with van der Waals surface area (Å²) in [4.78, 5) is 35.1. The summed E-state index contributed by atoms with van der Waals surface area (Å²) in [6, 6.07) is 19.8. The van der Waals surface area contributed by atoms with E-state index in [-0.39, 0.29) is 17.4 Å². The maximum atomic E-state index is 13.2. The molecule has 2 N–H and O–H groups in total. The van der Waals surface area contributed by atoms with Crippen LogP contribution in [0.5, 0.6) is 5.75 Å². The monoisotopic (exact) mass is 462 g/mol. The second-order valence-corrected chi connectivity index (χ2v) is 8.79. The second-order valence-electron chi connectivity index (χ2n) is 8.79. The Morgan fingerprint density at radius 1 is 0.943 bits per heavy atom. The molecule has 172 valence electrons. The van der Waals surface area contributed by atoms with Crippen LogP contribution < -0.4 is 5.32 Å². The first-order chi connectivity index (χ1) is 17.0. The number of dihydropyridines is 1. The third-order valence-electron chi connectivity index (χ3n) is 6.51. The molecule has 35 heavy (non-hydrogen) atoms. The molecule has 0 fully saturated rings. The number of anilines is 1. The lowest BCUT2D eigenvalue weighted by molar-refractivity contribution is -0.115. The van der Waals surface area contributed by atoms with Gasteiger partial charge < -0.3 is 9.67 Å². The third-order valence-corrected chi connectivity index (χ3v) is 6.51. The third kappa shape index (κ3) is 3.91. The van der Waals surface area contributed by atoms with E-state index in [0.717, 1.165) is 27.7 Å². The Bertz CT molecular complexity index is 1560. The molecule has 7 heteroatoms. The molecular formula is C28H22N4O3. The average Bonchev–Trinajstić information content (AvgIpc) is 3.21. The molecule has 3 aromatic carbocycles. The van der Waals surface area contributed by atoms with Crippen LogP contribution in [-0.4, -0.2) is 38.1 Å². The minimum absolute atomic E-state index is 0.0718. The number of benzene rings is 3. The number of phenolic OH excluding ortho intramolecular Hbond substituents is 1. The number of phenols is 1. The number of ketones is 1. The average molecular weight is 463 g/mol. The lowest BCUT2D eigenvalue weighted by Gasteiger charge is -2.18. The SMILES string of the molecule is O=C1Nc2nc3ccccc3n2CCc2cc(ccc2O)C2=NC(Cc3cccc1c3)C(=O)C=C2. The van der Waals surface area contributed by atoms with E-state index in [4.69, 9.17) is 4.99 Å². The summed E-state index contributed by atoms with van der Waals surface area (Å²) < 4.78 is 1.96. The number of aryl methyl sites for hydroxylation is 2. The van der Waals surface area contributed by atoms with Gasteiger partial charge in [-0.05, 0) is 72.2 Å². The summed E-state index contributed by atoms with van der Waals surface area (Å²) in [5, 5.41) is 13.5. The molecule has 0 spiro atoms. The van der Waals surface area contributed by atoms with E-state index in [0.29, 0.717) is 36.6 Å². The van der Waals surface area contributed by atoms with E-state index in [1.165, 1.54) is 0 Å². The highest BCUT2D eigenvalue weighted by Gasteiger charge is 2.22. The summed E-state index contributed by atoms with van der Waals surface area (Å²) in [5.74, 6) is 0.286. The molecule has 1 unspecified atom stereocenters. The number of nitrogens with one attached hydrogen (secondary N) is 1. The number of hydrogen-bond acceptors (Lipinski definition) is 5. The van der Waals surface area contributed by atoms with E-state index < -0.39 is 6.04 Å². The molecule has 0 saturated carbocycles. The fourth-order valence-electron chi connectivity index (χ4n) is 4.67. The van der Waals surface area contributed by atoms with Crippen molar-refractivity contribution in [1.82, 2.24) is 9.55 Å². The number of rotatable bonds is 0. The summed E-state index contributed by atoms with van der Waals surface area (Å²) in [7, 11) is 0. The Labute approximate surface area is 201 Å². The van der Waals surface area contributed by atoms with Gasteiger partial charge in [-0.15, -0.1) is 0 Å². The van der Waals surface area contributed by atoms with Crippen molar-refractivity contribution in [2.75, 3.05) is 5.32 Å². The summed E-state index contributed by atoms with van der Waals surface area (Å²) >= 11 is 0. The van der Waals surface area contributed by atoms with Crippen LogP contribution in [0.25, 0.3) is 11.0 Å². The molecule has 1 atom stereocenters. The molecule has 2 aliphatic heterocycles. The van der Waals surface area contributed by atoms with Gasteiger partial charge in [0.05, 0.1) is 16.7 Å². The van der Waals surface area contributed by atoms with Crippen molar-refractivity contribution in [2.45, 2.75) is 25.4 Å². The molecule has 7 nitrogen and oxygen atoms in total. The minimum atomic E-state index is -0.567. The summed E-state index contributed by atoms with van der Waals surface area (Å²) in [6.45, 7) is 0.497. The quantitative estimate of drug-likeness (QED) is 0.411. The number of carbonyl (C=O) groups excluding carboxylic acids is 2. The number of aliphatic imine (C=N–C) groups is 1. The van der Waals surface area contributed by atoms with E-state index in [1.54, 1.807) is 30.4 Å². The normalized spacial score (nSPS) is 17.6. The van der Waals surface area contributed by atoms with Crippen LogP contribution in [0.4, 0.5) is 5.95 Å². The zero-order valence-corrected chi connectivity index (χ0v) is 18.8. The Morgan fingerprint density at radius 2 is 1.83 bits per heavy atom. The molecule has 0 aliphatic carbocycles. The number of fused-ring (bicyclic) bond motifs is 9. The van der Waals surface area contributed by atoms with Gasteiger partial charge in [0, 0.05) is 24.1 Å². The molecule has 0 radical (unpaired) electrons. The second kappa shape index (κ2) is 8.36. The molecule has 1 aromatic heterocycles. The van der Waals surface area contributed by atoms with E-state index in [9.17, 15) is 14.7 Å². The first-order valence-electron chi connectivity index (χ1n) is 11.5. The molecule has 6 bridgehead atoms. The number of amides is 1. The lowest BCUT2D eigenvalue weighted by atomic mass is 9.96. The van der Waals surface area contributed by atoms with Crippen LogP contribution in [0, 0.1) is 0 Å². The van der Waals surface area contributed by atoms with Crippen molar-refractivity contribution in [3.05, 3.63) is 101 Å². The van der Waals surface area contributed by atoms with Crippen molar-refractivity contribution >= 4 is 34.4 Å². The molecule has 1 amide bonds. The highest BCUT2D eigenvalue weighted by Crippen LogP contribution is 2.26. The zero-order chi connectivity index (χ0) is 23.9. The van der Waals surface area contributed by atoms with Gasteiger partial charge >= 0.3 is 0 Å². The van der Waals surface area contributed by atoms with Crippen LogP contribution in [0.2, 0.25) is 0 Å². The first kappa shape index (κ1) is 21.0. The summed E-state index contributed by atoms with van der Waals surface area (Å²) in [6.07, 6.45) is 4.18. The topological polar surface area (TPSA) is 96.6 Å². The van der Waals surface area contributed by atoms with Gasteiger partial charge in [0.2, 0.25) is 5.95 Å². The van der Waals surface area contributed by atoms with Crippen LogP contribution in [-0.2, 0) is 24.2 Å². The Balaban J connectivity index is 1.50. The van der Waals surface area contributed by atoms with Crippen molar-refractivity contribution in [2.24, 2.45) is 4.99 Å². The van der Waals surface area contributed by atoms with Crippen LogP contribution in [0.1, 0.15) is 27.0 Å². The van der Waals surface area contributed by atoms with Gasteiger partial charge in [-0.2, -0.15) is 0 Å². The summed E-state index contributed by atoms with van der Waals surface area (Å²) in [5.41, 5.74) is 5.30. The zero-order valence-electron chi connectivity index (χ0n) is 18.8. The smallest absolute Gasteiger partial charge is 0.257 e. The van der Waals surface area contributed by atoms with Gasteiger partial charge in [-0.25, -0.2) is 4.98 Å². The van der Waals surface area contributed by atoms with Crippen LogP contribution in [0.3, 0.4) is 0 Å². The molecule has 4 aromatic rings. The highest BCUT2D eigenvalue weighted by atomic mass is 16.3. The van der Waals surface area contributed by atoms with Crippen molar-refractivity contribution < 1.29 is 14.7 Å². The number of aromatic hydroxyl groups is 1. The largest absolute Gasteiger partial charge is 0.508 e. The standard InChI is InChI=1S/C28H22N4O3/c33-25-10-8-18-16-19(25)12-13-32-24-7-2-1-6-22(24)30-28(32)31-27(35)20-5-3-4-17(14-20)15-23-26(34)11-9-21(18)29-23/h1-11,14,16,23,33H,12-13,15H2,(H,30,31,35). The highest BCUT2D eigenvalue weighted by molar-refractivity contribution is 6.15. The number of allylic oxidation sites excluding steroid dienone is 1. The minimum Gasteiger partial charge on any atom is -0.508 e. The van der Waals surface area contributed by atoms with Crippen LogP contribution in [0.15, 0.2) is 83.9 Å². The molecule has 2 aliphatic rings. The van der Waals surface area contributed by atoms with Crippen molar-refractivity contribution in [1.29, 1.82) is 0 Å². The lowest BCUT2D eigenvalue weighted by Crippen LogP contribution is -2.25. The van der Waals surface area contributed by atoms with Gasteiger partial charge in [-0.3, -0.25) is 19.9 Å². The van der Waals surface area contributed by atoms with Gasteiger partial charge in [0.15, 0.2) is 5.78 Å². The molecule has 3 heterocycles. The van der Waals surface area contributed by atoms with Gasteiger partial charge in [0.1, 0.15) is 11.8 Å². The van der Waals surface area contributed by atoms with Crippen molar-refractivity contribution in [3.63, 3.8) is 0 Å². The fraction of sp³-hybridized carbons (Fsp3) is 0.143. The fourth-order valence-corrected chi connectivity index (χ4v) is 4.67. The number of hydrogen-bond donors (Lipinski definition) is 2. The van der Waals surface area contributed by atoms with Crippen LogP contribution >= 0.6 is 0 Å². The Kier molecular flexibility index (Phi) is 5.03. The molecular weight excluding hydrogens is 440 g/mol. The number of carbonyl (C=O) groups is 2. The predicted molar refractivity (Wildman–Crippen MR) is 134 cm³/mol. The number of para-hydroxylation sites is 2. The Morgan fingerprint density at radius 3 is 2.74 bits per heavy atom. The first-order valence-corrected chi connectivity index (χ1v) is 11.5. The predicted octanol–water partition coefficient (Wildman–Crippen LogP) is 4.09. The van der Waals surface area contributed by atoms with E-state index >= 15 is 0 Å². The Hall–Kier alpha value is -4.52. The number of imidazole rings is 1. The molecule has 6 rings (SSSR count). The van der Waals surface area contributed by atoms with E-state index in [2.05, 4.69) is 10.3 Å².